The summed E-state index contributed by atoms with van der Waals surface area (Å²) in [5, 5.41) is 1.74. The fourth-order valence-corrected chi connectivity index (χ4v) is 8.30. The molecule has 0 fully saturated rings. The van der Waals surface area contributed by atoms with Crippen LogP contribution in [0, 0.1) is 0 Å². The normalized spacial score (nSPS) is 17.6. The molecule has 0 radical (unpaired) electrons. The zero-order valence-corrected chi connectivity index (χ0v) is 14.7. The molecule has 1 unspecified atom stereocenters. The molecule has 0 aromatic heterocycles. The molecule has 0 aliphatic heterocycles. The second-order valence-electron chi connectivity index (χ2n) is 6.35. The predicted molar refractivity (Wildman–Crippen MR) is 86.6 cm³/mol. The van der Waals surface area contributed by atoms with Crippen LogP contribution in [0.25, 0.3) is 6.08 Å². The van der Waals surface area contributed by atoms with Crippen LogP contribution in [0.4, 0.5) is 0 Å². The van der Waals surface area contributed by atoms with Gasteiger partial charge in [-0.25, -0.2) is 0 Å². The maximum atomic E-state index is 2.49. The monoisotopic (exact) mass is 315 g/mol. The summed E-state index contributed by atoms with van der Waals surface area (Å²) < 4.78 is 2.21. The van der Waals surface area contributed by atoms with Crippen molar-refractivity contribution in [3.63, 3.8) is 0 Å². The van der Waals surface area contributed by atoms with E-state index < -0.39 is 8.07 Å². The van der Waals surface area contributed by atoms with Gasteiger partial charge in [0.2, 0.25) is 0 Å². The van der Waals surface area contributed by atoms with Crippen molar-refractivity contribution in [3.8, 4) is 0 Å². The van der Waals surface area contributed by atoms with E-state index in [1.54, 1.807) is 10.8 Å². The van der Waals surface area contributed by atoms with Gasteiger partial charge in [-0.3, -0.25) is 0 Å². The Bertz CT molecular complexity index is 638. The van der Waals surface area contributed by atoms with Crippen LogP contribution in [-0.2, 0) is 16.3 Å². The molecule has 0 heterocycles. The molecule has 0 saturated carbocycles. The second-order valence-corrected chi connectivity index (χ2v) is 13.4. The number of rotatable bonds is 3. The average Bonchev–Trinajstić information content (AvgIpc) is 2.79. The van der Waals surface area contributed by atoms with Gasteiger partial charge < -0.3 is 0 Å². The van der Waals surface area contributed by atoms with Crippen LogP contribution in [0.5, 0.6) is 0 Å². The van der Waals surface area contributed by atoms with E-state index in [4.69, 9.17) is 0 Å². The average molecular weight is 315 g/mol. The van der Waals surface area contributed by atoms with Crippen molar-refractivity contribution in [1.29, 1.82) is 0 Å². The summed E-state index contributed by atoms with van der Waals surface area (Å²) >= 11 is 0.163. The number of hydrogen-bond donors (Lipinski definition) is 0. The van der Waals surface area contributed by atoms with Crippen LogP contribution in [0.2, 0.25) is 19.6 Å². The molecule has 20 heavy (non-hydrogen) atoms. The van der Waals surface area contributed by atoms with E-state index in [2.05, 4.69) is 80.3 Å². The van der Waals surface area contributed by atoms with Crippen LogP contribution in [0.15, 0.2) is 59.8 Å². The fraction of sp³-hybridized carbons (Fsp3) is 0.222. The van der Waals surface area contributed by atoms with E-state index >= 15 is 0 Å². The van der Waals surface area contributed by atoms with E-state index in [1.807, 2.05) is 0 Å². The molecule has 2 aromatic carbocycles. The minimum atomic E-state index is -1.25. The Morgan fingerprint density at radius 1 is 0.850 bits per heavy atom. The predicted octanol–water partition coefficient (Wildman–Crippen LogP) is 4.41. The van der Waals surface area contributed by atoms with Gasteiger partial charge in [-0.2, -0.15) is 0 Å². The summed E-state index contributed by atoms with van der Waals surface area (Å²) in [4.78, 5) is 0. The van der Waals surface area contributed by atoms with Gasteiger partial charge in [-0.15, -0.1) is 0 Å². The maximum absolute atomic E-state index is 2.49. The van der Waals surface area contributed by atoms with Gasteiger partial charge in [0, 0.05) is 0 Å². The first kappa shape index (κ1) is 13.9. The van der Waals surface area contributed by atoms with Gasteiger partial charge >= 0.3 is 130 Å². The number of fused-ring (bicyclic) bond motifs is 1. The van der Waals surface area contributed by atoms with E-state index in [9.17, 15) is 0 Å². The van der Waals surface area contributed by atoms with Gasteiger partial charge in [-0.05, 0) is 0 Å². The number of allylic oxidation sites excluding steroid dienone is 1. The van der Waals surface area contributed by atoms with Crippen molar-refractivity contribution < 1.29 is 16.3 Å². The summed E-state index contributed by atoms with van der Waals surface area (Å²) in [5.74, 6) is 0. The van der Waals surface area contributed by atoms with Crippen molar-refractivity contribution in [3.05, 3.63) is 70.9 Å². The molecule has 2 heteroatoms. The third-order valence-electron chi connectivity index (χ3n) is 3.80. The van der Waals surface area contributed by atoms with Crippen molar-refractivity contribution in [1.82, 2.24) is 0 Å². The Hall–Kier alpha value is -1.02. The van der Waals surface area contributed by atoms with Crippen molar-refractivity contribution >= 4 is 18.4 Å². The van der Waals surface area contributed by atoms with Crippen molar-refractivity contribution in [2.45, 2.75) is 24.3 Å². The summed E-state index contributed by atoms with van der Waals surface area (Å²) in [6.45, 7) is 7.43. The summed E-state index contributed by atoms with van der Waals surface area (Å²) in [5.41, 5.74) is 3.02. The summed E-state index contributed by atoms with van der Waals surface area (Å²) in [7, 11) is -1.25. The van der Waals surface area contributed by atoms with Crippen LogP contribution in [-0.4, -0.2) is 8.07 Å². The Labute approximate surface area is 130 Å². The summed E-state index contributed by atoms with van der Waals surface area (Å²) in [6.07, 6.45) is 2.49. The number of benzene rings is 2. The molecule has 1 aliphatic carbocycles. The zero-order chi connectivity index (χ0) is 14.2. The van der Waals surface area contributed by atoms with Crippen molar-refractivity contribution in [2.75, 3.05) is 0 Å². The van der Waals surface area contributed by atoms with Gasteiger partial charge in [0.15, 0.2) is 0 Å². The van der Waals surface area contributed by atoms with Crippen LogP contribution in [0.3, 0.4) is 0 Å². The van der Waals surface area contributed by atoms with E-state index in [1.165, 1.54) is 9.84 Å². The Kier molecular flexibility index (Phi) is 3.77. The zero-order valence-electron chi connectivity index (χ0n) is 12.3. The first-order valence-corrected chi connectivity index (χ1v) is 12.1. The van der Waals surface area contributed by atoms with Gasteiger partial charge in [0.25, 0.3) is 0 Å². The van der Waals surface area contributed by atoms with Gasteiger partial charge in [0.1, 0.15) is 0 Å². The first-order chi connectivity index (χ1) is 9.55. The Morgan fingerprint density at radius 3 is 2.20 bits per heavy atom. The fourth-order valence-electron chi connectivity index (χ4n) is 2.73. The van der Waals surface area contributed by atoms with Crippen LogP contribution < -0.4 is 4.28 Å². The van der Waals surface area contributed by atoms with Gasteiger partial charge in [0.05, 0.1) is 0 Å². The van der Waals surface area contributed by atoms with Crippen LogP contribution in [0.1, 0.15) is 15.8 Å². The van der Waals surface area contributed by atoms with Gasteiger partial charge in [-0.1, -0.05) is 0 Å². The molecule has 0 N–H and O–H groups in total. The molecular weight excluding hydrogens is 295 g/mol. The SMILES string of the molecule is C[Si](C)(C)C1=Cc2ccccc2[CH]1[V][c]1ccccc1. The van der Waals surface area contributed by atoms with E-state index in [0.29, 0.717) is 4.63 Å². The molecule has 1 aliphatic rings. The molecule has 0 saturated heterocycles. The Balaban J connectivity index is 2.00. The third kappa shape index (κ3) is 2.71. The third-order valence-corrected chi connectivity index (χ3v) is 8.55. The first-order valence-electron chi connectivity index (χ1n) is 7.12. The molecule has 2 aromatic rings. The molecule has 0 nitrogen and oxygen atoms in total. The minimum absolute atomic E-state index is 0.163. The topological polar surface area (TPSA) is 0 Å². The summed E-state index contributed by atoms with van der Waals surface area (Å²) in [6, 6.07) is 20.0. The van der Waals surface area contributed by atoms with E-state index in [0.717, 1.165) is 0 Å². The quantitative estimate of drug-likeness (QED) is 0.736. The van der Waals surface area contributed by atoms with E-state index in [-0.39, 0.29) is 16.3 Å². The molecule has 0 spiro atoms. The van der Waals surface area contributed by atoms with Crippen LogP contribution >= 0.6 is 0 Å². The molecule has 3 rings (SSSR count). The second kappa shape index (κ2) is 5.40. The molecule has 101 valence electrons. The van der Waals surface area contributed by atoms with Crippen molar-refractivity contribution in [2.24, 2.45) is 0 Å². The number of hydrogen-bond acceptors (Lipinski definition) is 0. The molecule has 1 atom stereocenters. The standard InChI is InChI=1S/C12H15Si.C6H5.V/c1-13(2,3)12-8-10-6-4-5-7-11(10)9-12;1-2-4-6-5-3-1;/h4-9H,1-3H3;1-5H;. The molecule has 0 amide bonds. The molecule has 0 bridgehead atoms. The molecular formula is C18H20SiV. The Morgan fingerprint density at radius 2 is 1.50 bits per heavy atom.